The molecule has 1 aromatic carbocycles. The first-order chi connectivity index (χ1) is 11.3. The summed E-state index contributed by atoms with van der Waals surface area (Å²) in [6, 6.07) is 3.07. The fourth-order valence-corrected chi connectivity index (χ4v) is 2.69. The Kier molecular flexibility index (Phi) is 5.15. The predicted molar refractivity (Wildman–Crippen MR) is 86.4 cm³/mol. The number of nitrogens with one attached hydrogen (secondary N) is 1. The first kappa shape index (κ1) is 17.8. The lowest BCUT2D eigenvalue weighted by Crippen LogP contribution is -2.34. The Morgan fingerprint density at radius 1 is 1.29 bits per heavy atom. The van der Waals surface area contributed by atoms with E-state index in [0.717, 1.165) is 11.0 Å². The Bertz CT molecular complexity index is 786. The molecule has 1 heterocycles. The van der Waals surface area contributed by atoms with Crippen LogP contribution >= 0.6 is 15.9 Å². The number of aryl methyl sites for hydroxylation is 1. The van der Waals surface area contributed by atoms with Crippen LogP contribution in [0.4, 0.5) is 5.69 Å². The average Bonchev–Trinajstić information content (AvgIpc) is 2.78. The fraction of sp³-hybridized carbons (Fsp3) is 0.200. The number of anilines is 1. The Hall–Kier alpha value is -2.52. The summed E-state index contributed by atoms with van der Waals surface area (Å²) < 4.78 is 0.282. The van der Waals surface area contributed by atoms with Crippen molar-refractivity contribution in [1.29, 1.82) is 0 Å². The van der Waals surface area contributed by atoms with Crippen molar-refractivity contribution in [1.82, 2.24) is 4.90 Å². The molecule has 0 aliphatic carbocycles. The first-order valence-corrected chi connectivity index (χ1v) is 7.59. The van der Waals surface area contributed by atoms with Gasteiger partial charge in [-0.3, -0.25) is 19.3 Å². The first-order valence-electron chi connectivity index (χ1n) is 6.80. The van der Waals surface area contributed by atoms with E-state index in [2.05, 4.69) is 21.2 Å². The number of carboxylic acids is 1. The number of ketones is 1. The average molecular weight is 397 g/mol. The zero-order valence-corrected chi connectivity index (χ0v) is 14.1. The molecule has 0 bridgehead atoms. The molecule has 8 nitrogen and oxygen atoms in total. The number of carbonyl (C=O) groups excluding carboxylic acids is 3. The van der Waals surface area contributed by atoms with Gasteiger partial charge in [0.2, 0.25) is 0 Å². The van der Waals surface area contributed by atoms with Gasteiger partial charge in [-0.25, -0.2) is 4.79 Å². The number of benzene rings is 1. The normalized spacial score (nSPS) is 14.0. The number of hydrogen-bond acceptors (Lipinski definition) is 6. The number of Topliss-reactive ketones (excluding diaryl/α,β-unsaturated/α-hetero) is 1. The van der Waals surface area contributed by atoms with Crippen LogP contribution in [0, 0.1) is 6.92 Å². The Morgan fingerprint density at radius 2 is 1.96 bits per heavy atom. The van der Waals surface area contributed by atoms with Crippen molar-refractivity contribution in [3.05, 3.63) is 39.5 Å². The molecule has 126 valence electrons. The summed E-state index contributed by atoms with van der Waals surface area (Å²) >= 11 is 3.17. The molecule has 2 amide bonds. The van der Waals surface area contributed by atoms with E-state index in [0.29, 0.717) is 5.56 Å². The van der Waals surface area contributed by atoms with Crippen LogP contribution < -0.4 is 5.32 Å². The van der Waals surface area contributed by atoms with Crippen LogP contribution in [-0.4, -0.2) is 51.8 Å². The summed E-state index contributed by atoms with van der Waals surface area (Å²) in [5, 5.41) is 20.5. The highest BCUT2D eigenvalue weighted by molar-refractivity contribution is 9.10. The van der Waals surface area contributed by atoms with E-state index in [9.17, 15) is 19.2 Å². The molecule has 0 spiro atoms. The van der Waals surface area contributed by atoms with Crippen molar-refractivity contribution in [2.45, 2.75) is 6.92 Å². The number of hydrogen-bond donors (Lipinski definition) is 3. The third-order valence-corrected chi connectivity index (χ3v) is 4.38. The smallest absolute Gasteiger partial charge is 0.377 e. The number of β-amino-alcohol motifs (C(OH)–C–C–N with tert-alkyl or cyclic N) is 1. The number of carbonyl (C=O) groups is 4. The maximum absolute atomic E-state index is 12.1. The third-order valence-electron chi connectivity index (χ3n) is 3.36. The van der Waals surface area contributed by atoms with E-state index < -0.39 is 23.6 Å². The molecule has 0 unspecified atom stereocenters. The molecule has 0 radical (unpaired) electrons. The summed E-state index contributed by atoms with van der Waals surface area (Å²) in [5.74, 6) is -4.07. The standard InChI is InChI=1S/C15H13BrN2O6/c1-7-2-3-8(11(12(7)16)13(21)15(23)24)17-9-6-10(20)18(4-5-19)14(9)22/h2-3,6,17,19H,4-5H2,1H3,(H,23,24). The van der Waals surface area contributed by atoms with Crippen molar-refractivity contribution >= 4 is 45.2 Å². The minimum absolute atomic E-state index is 0.0816. The van der Waals surface area contributed by atoms with E-state index >= 15 is 0 Å². The number of rotatable bonds is 6. The predicted octanol–water partition coefficient (Wildman–Crippen LogP) is 0.682. The van der Waals surface area contributed by atoms with Crippen LogP contribution in [0.1, 0.15) is 15.9 Å². The topological polar surface area (TPSA) is 124 Å². The highest BCUT2D eigenvalue weighted by Crippen LogP contribution is 2.30. The molecule has 0 saturated carbocycles. The highest BCUT2D eigenvalue weighted by atomic mass is 79.9. The number of aliphatic carboxylic acids is 1. The molecular formula is C15H13BrN2O6. The second-order valence-corrected chi connectivity index (χ2v) is 5.75. The Labute approximate surface area is 144 Å². The summed E-state index contributed by atoms with van der Waals surface area (Å²) in [7, 11) is 0. The number of aliphatic hydroxyl groups excluding tert-OH is 1. The van der Waals surface area contributed by atoms with Crippen molar-refractivity contribution in [3.8, 4) is 0 Å². The second-order valence-electron chi connectivity index (χ2n) is 4.95. The van der Waals surface area contributed by atoms with Crippen LogP contribution in [0.3, 0.4) is 0 Å². The minimum Gasteiger partial charge on any atom is -0.475 e. The number of halogens is 1. The van der Waals surface area contributed by atoms with Crippen LogP contribution in [0.5, 0.6) is 0 Å². The minimum atomic E-state index is -1.64. The Balaban J connectivity index is 2.41. The zero-order chi connectivity index (χ0) is 18.0. The van der Waals surface area contributed by atoms with Gasteiger partial charge in [0.1, 0.15) is 5.70 Å². The number of nitrogens with zero attached hydrogens (tertiary/aromatic N) is 1. The van der Waals surface area contributed by atoms with E-state index in [1.54, 1.807) is 13.0 Å². The van der Waals surface area contributed by atoms with E-state index in [-0.39, 0.29) is 34.6 Å². The van der Waals surface area contributed by atoms with Gasteiger partial charge in [-0.15, -0.1) is 0 Å². The highest BCUT2D eigenvalue weighted by Gasteiger charge is 2.32. The van der Waals surface area contributed by atoms with Gasteiger partial charge in [-0.05, 0) is 34.5 Å². The molecule has 2 rings (SSSR count). The SMILES string of the molecule is Cc1ccc(NC2=CC(=O)N(CCO)C2=O)c(C(=O)C(=O)O)c1Br. The van der Waals surface area contributed by atoms with Crippen LogP contribution in [0.2, 0.25) is 0 Å². The van der Waals surface area contributed by atoms with Gasteiger partial charge in [-0.1, -0.05) is 6.07 Å². The van der Waals surface area contributed by atoms with Gasteiger partial charge in [0.15, 0.2) is 0 Å². The largest absolute Gasteiger partial charge is 0.475 e. The summed E-state index contributed by atoms with van der Waals surface area (Å²) in [5.41, 5.74) is 0.459. The molecular weight excluding hydrogens is 384 g/mol. The van der Waals surface area contributed by atoms with E-state index in [1.807, 2.05) is 0 Å². The number of amides is 2. The zero-order valence-electron chi connectivity index (χ0n) is 12.5. The van der Waals surface area contributed by atoms with E-state index in [1.165, 1.54) is 6.07 Å². The van der Waals surface area contributed by atoms with Gasteiger partial charge in [0.05, 0.1) is 24.4 Å². The molecule has 1 aromatic rings. The molecule has 1 aliphatic heterocycles. The summed E-state index contributed by atoms with van der Waals surface area (Å²) in [6.07, 6.45) is 1.03. The molecule has 9 heteroatoms. The molecule has 0 fully saturated rings. The maximum atomic E-state index is 12.1. The third kappa shape index (κ3) is 3.22. The quantitative estimate of drug-likeness (QED) is 0.366. The van der Waals surface area contributed by atoms with Crippen molar-refractivity contribution < 1.29 is 29.4 Å². The molecule has 1 aliphatic rings. The van der Waals surface area contributed by atoms with Gasteiger partial charge in [0, 0.05) is 10.5 Å². The second kappa shape index (κ2) is 6.93. The van der Waals surface area contributed by atoms with Gasteiger partial charge < -0.3 is 15.5 Å². The molecule has 24 heavy (non-hydrogen) atoms. The number of carboxylic acid groups (broad SMARTS) is 1. The monoisotopic (exact) mass is 396 g/mol. The summed E-state index contributed by atoms with van der Waals surface area (Å²) in [6.45, 7) is 1.15. The van der Waals surface area contributed by atoms with Crippen molar-refractivity contribution in [3.63, 3.8) is 0 Å². The van der Waals surface area contributed by atoms with Crippen LogP contribution in [0.15, 0.2) is 28.4 Å². The molecule has 3 N–H and O–H groups in total. The Morgan fingerprint density at radius 3 is 2.54 bits per heavy atom. The number of imide groups is 1. The van der Waals surface area contributed by atoms with Crippen molar-refractivity contribution in [2.75, 3.05) is 18.5 Å². The maximum Gasteiger partial charge on any atom is 0.377 e. The van der Waals surface area contributed by atoms with Crippen LogP contribution in [-0.2, 0) is 14.4 Å². The molecule has 0 aromatic heterocycles. The van der Waals surface area contributed by atoms with Crippen LogP contribution in [0.25, 0.3) is 0 Å². The fourth-order valence-electron chi connectivity index (χ4n) is 2.17. The lowest BCUT2D eigenvalue weighted by atomic mass is 10.0. The molecule has 0 atom stereocenters. The van der Waals surface area contributed by atoms with Gasteiger partial charge in [0.25, 0.3) is 17.6 Å². The number of aliphatic hydroxyl groups is 1. The van der Waals surface area contributed by atoms with E-state index in [4.69, 9.17) is 10.2 Å². The lowest BCUT2D eigenvalue weighted by Gasteiger charge is -2.15. The molecule has 0 saturated heterocycles. The summed E-state index contributed by atoms with van der Waals surface area (Å²) in [4.78, 5) is 47.7. The lowest BCUT2D eigenvalue weighted by molar-refractivity contribution is -0.137. The van der Waals surface area contributed by atoms with Crippen molar-refractivity contribution in [2.24, 2.45) is 0 Å². The van der Waals surface area contributed by atoms with Gasteiger partial charge >= 0.3 is 5.97 Å². The van der Waals surface area contributed by atoms with Gasteiger partial charge in [-0.2, -0.15) is 0 Å².